The molecule has 0 aromatic carbocycles. The summed E-state index contributed by atoms with van der Waals surface area (Å²) in [5, 5.41) is 3.01. The van der Waals surface area contributed by atoms with Crippen LogP contribution in [0.4, 0.5) is 0 Å². The van der Waals surface area contributed by atoms with Gasteiger partial charge >= 0.3 is 0 Å². The molecule has 0 bridgehead atoms. The summed E-state index contributed by atoms with van der Waals surface area (Å²) in [4.78, 5) is 2.22. The van der Waals surface area contributed by atoms with Crippen LogP contribution < -0.4 is 10.0 Å². The maximum absolute atomic E-state index is 12.1. The Morgan fingerprint density at radius 2 is 2.17 bits per heavy atom. The van der Waals surface area contributed by atoms with Gasteiger partial charge < -0.3 is 10.1 Å². The lowest BCUT2D eigenvalue weighted by atomic mass is 10.4. The SMILES string of the molecule is CNCc1cc(S(=O)(=O)NCCCOC)c(C)s1. The van der Waals surface area contributed by atoms with E-state index < -0.39 is 10.0 Å². The van der Waals surface area contributed by atoms with Gasteiger partial charge in [-0.25, -0.2) is 13.1 Å². The van der Waals surface area contributed by atoms with E-state index in [1.165, 1.54) is 11.3 Å². The summed E-state index contributed by atoms with van der Waals surface area (Å²) in [7, 11) is 0.0465. The first-order valence-corrected chi connectivity index (χ1v) is 8.03. The summed E-state index contributed by atoms with van der Waals surface area (Å²) in [5.41, 5.74) is 0. The van der Waals surface area contributed by atoms with Gasteiger partial charge in [-0.15, -0.1) is 11.3 Å². The summed E-state index contributed by atoms with van der Waals surface area (Å²) < 4.78 is 31.6. The topological polar surface area (TPSA) is 67.4 Å². The Hall–Kier alpha value is -0.470. The Morgan fingerprint density at radius 3 is 2.78 bits per heavy atom. The molecule has 1 rings (SSSR count). The molecule has 104 valence electrons. The molecule has 1 heterocycles. The smallest absolute Gasteiger partial charge is 0.241 e. The van der Waals surface area contributed by atoms with Crippen molar-refractivity contribution in [1.29, 1.82) is 0 Å². The molecule has 0 saturated carbocycles. The normalized spacial score (nSPS) is 11.9. The van der Waals surface area contributed by atoms with Crippen LogP contribution in [0.3, 0.4) is 0 Å². The second-order valence-electron chi connectivity index (χ2n) is 3.91. The van der Waals surface area contributed by atoms with E-state index in [-0.39, 0.29) is 0 Å². The molecule has 2 N–H and O–H groups in total. The zero-order chi connectivity index (χ0) is 13.6. The number of ether oxygens (including phenoxy) is 1. The van der Waals surface area contributed by atoms with Crippen LogP contribution in [0.1, 0.15) is 16.2 Å². The molecular formula is C11H20N2O3S2. The van der Waals surface area contributed by atoms with Crippen LogP contribution in [0.5, 0.6) is 0 Å². The summed E-state index contributed by atoms with van der Waals surface area (Å²) in [6, 6.07) is 1.73. The van der Waals surface area contributed by atoms with E-state index in [2.05, 4.69) is 10.0 Å². The molecule has 0 atom stereocenters. The molecule has 0 amide bonds. The Labute approximate surface area is 113 Å². The Morgan fingerprint density at radius 1 is 1.44 bits per heavy atom. The lowest BCUT2D eigenvalue weighted by molar-refractivity contribution is 0.196. The minimum Gasteiger partial charge on any atom is -0.385 e. The van der Waals surface area contributed by atoms with Crippen molar-refractivity contribution in [3.05, 3.63) is 15.8 Å². The van der Waals surface area contributed by atoms with Crippen LogP contribution >= 0.6 is 11.3 Å². The number of hydrogen-bond donors (Lipinski definition) is 2. The number of aryl methyl sites for hydroxylation is 1. The first-order chi connectivity index (χ1) is 8.51. The predicted molar refractivity (Wildman–Crippen MR) is 73.5 cm³/mol. The minimum atomic E-state index is -3.39. The van der Waals surface area contributed by atoms with E-state index in [4.69, 9.17) is 4.74 Å². The Balaban J connectivity index is 2.72. The number of sulfonamides is 1. The van der Waals surface area contributed by atoms with Gasteiger partial charge in [-0.05, 0) is 26.5 Å². The van der Waals surface area contributed by atoms with Crippen LogP contribution in [0.25, 0.3) is 0 Å². The van der Waals surface area contributed by atoms with E-state index in [0.29, 0.717) is 31.0 Å². The highest BCUT2D eigenvalue weighted by Crippen LogP contribution is 2.25. The second kappa shape index (κ2) is 7.20. The third-order valence-corrected chi connectivity index (χ3v) is 5.15. The highest BCUT2D eigenvalue weighted by molar-refractivity contribution is 7.89. The number of hydrogen-bond acceptors (Lipinski definition) is 5. The molecular weight excluding hydrogens is 272 g/mol. The highest BCUT2D eigenvalue weighted by atomic mass is 32.2. The van der Waals surface area contributed by atoms with Crippen LogP contribution in [-0.4, -0.2) is 35.7 Å². The van der Waals surface area contributed by atoms with Gasteiger partial charge in [-0.1, -0.05) is 0 Å². The van der Waals surface area contributed by atoms with Crippen LogP contribution in [0, 0.1) is 6.92 Å². The van der Waals surface area contributed by atoms with Crippen LogP contribution in [0.15, 0.2) is 11.0 Å². The van der Waals surface area contributed by atoms with E-state index in [1.54, 1.807) is 13.2 Å². The molecule has 1 aromatic heterocycles. The van der Waals surface area contributed by atoms with E-state index in [1.807, 2.05) is 14.0 Å². The molecule has 1 aromatic rings. The van der Waals surface area contributed by atoms with Crippen molar-refractivity contribution in [1.82, 2.24) is 10.0 Å². The Bertz CT molecular complexity index is 469. The van der Waals surface area contributed by atoms with Gasteiger partial charge in [0.15, 0.2) is 0 Å². The quantitative estimate of drug-likeness (QED) is 0.704. The van der Waals surface area contributed by atoms with Crippen LogP contribution in [-0.2, 0) is 21.3 Å². The number of nitrogens with one attached hydrogen (secondary N) is 2. The fourth-order valence-electron chi connectivity index (χ4n) is 1.55. The lowest BCUT2D eigenvalue weighted by Gasteiger charge is -2.05. The molecule has 0 saturated heterocycles. The molecule has 0 aliphatic rings. The third-order valence-electron chi connectivity index (χ3n) is 2.38. The number of thiophene rings is 1. The van der Waals surface area contributed by atoms with Crippen molar-refractivity contribution in [2.75, 3.05) is 27.3 Å². The van der Waals surface area contributed by atoms with Gasteiger partial charge in [0.05, 0.1) is 4.90 Å². The monoisotopic (exact) mass is 292 g/mol. The first-order valence-electron chi connectivity index (χ1n) is 5.73. The maximum Gasteiger partial charge on any atom is 0.241 e. The number of methoxy groups -OCH3 is 1. The Kier molecular flexibility index (Phi) is 6.24. The van der Waals surface area contributed by atoms with Gasteiger partial charge in [0.1, 0.15) is 0 Å². The molecule has 0 fully saturated rings. The van der Waals surface area contributed by atoms with E-state index in [0.717, 1.165) is 9.75 Å². The van der Waals surface area contributed by atoms with Crippen molar-refractivity contribution in [3.8, 4) is 0 Å². The van der Waals surface area contributed by atoms with Crippen LogP contribution in [0.2, 0.25) is 0 Å². The van der Waals surface area contributed by atoms with Gasteiger partial charge in [0, 0.05) is 36.6 Å². The summed E-state index contributed by atoms with van der Waals surface area (Å²) in [6.07, 6.45) is 0.669. The van der Waals surface area contributed by atoms with Crippen molar-refractivity contribution >= 4 is 21.4 Å². The molecule has 0 radical (unpaired) electrons. The zero-order valence-corrected chi connectivity index (χ0v) is 12.6. The zero-order valence-electron chi connectivity index (χ0n) is 10.9. The largest absolute Gasteiger partial charge is 0.385 e. The number of rotatable bonds is 8. The third kappa shape index (κ3) is 4.33. The van der Waals surface area contributed by atoms with Crippen molar-refractivity contribution in [2.45, 2.75) is 24.8 Å². The average Bonchev–Trinajstić information content (AvgIpc) is 2.67. The van der Waals surface area contributed by atoms with Gasteiger partial charge in [-0.3, -0.25) is 0 Å². The molecule has 0 unspecified atom stereocenters. The summed E-state index contributed by atoms with van der Waals surface area (Å²) in [6.45, 7) is 3.46. The van der Waals surface area contributed by atoms with Crippen molar-refractivity contribution in [3.63, 3.8) is 0 Å². The predicted octanol–water partition coefficient (Wildman–Crippen LogP) is 1.09. The summed E-state index contributed by atoms with van der Waals surface area (Å²) >= 11 is 1.50. The van der Waals surface area contributed by atoms with Crippen molar-refractivity contribution in [2.24, 2.45) is 0 Å². The molecule has 5 nitrogen and oxygen atoms in total. The minimum absolute atomic E-state index is 0.384. The van der Waals surface area contributed by atoms with Gasteiger partial charge in [0.2, 0.25) is 10.0 Å². The molecule has 18 heavy (non-hydrogen) atoms. The van der Waals surface area contributed by atoms with E-state index in [9.17, 15) is 8.42 Å². The molecule has 0 spiro atoms. The van der Waals surface area contributed by atoms with Gasteiger partial charge in [-0.2, -0.15) is 0 Å². The maximum atomic E-state index is 12.1. The molecule has 0 aliphatic heterocycles. The first kappa shape index (κ1) is 15.6. The lowest BCUT2D eigenvalue weighted by Crippen LogP contribution is -2.25. The summed E-state index contributed by atoms with van der Waals surface area (Å²) in [5.74, 6) is 0. The second-order valence-corrected chi connectivity index (χ2v) is 6.98. The van der Waals surface area contributed by atoms with Gasteiger partial charge in [0.25, 0.3) is 0 Å². The molecule has 7 heteroatoms. The van der Waals surface area contributed by atoms with E-state index >= 15 is 0 Å². The molecule has 0 aliphatic carbocycles. The average molecular weight is 292 g/mol. The standard InChI is InChI=1S/C11H20N2O3S2/c1-9-11(7-10(17-9)8-12-2)18(14,15)13-5-4-6-16-3/h7,12-13H,4-6,8H2,1-3H3. The fourth-order valence-corrected chi connectivity index (χ4v) is 4.27. The fraction of sp³-hybridized carbons (Fsp3) is 0.636. The van der Waals surface area contributed by atoms with Crippen molar-refractivity contribution < 1.29 is 13.2 Å². The highest BCUT2D eigenvalue weighted by Gasteiger charge is 2.19.